The second-order valence-electron chi connectivity index (χ2n) is 4.96. The van der Waals surface area contributed by atoms with E-state index in [1.165, 1.54) is 5.56 Å². The second kappa shape index (κ2) is 2.76. The molecule has 3 aliphatic rings. The Morgan fingerprint density at radius 3 is 2.69 bits per heavy atom. The van der Waals surface area contributed by atoms with E-state index in [1.807, 2.05) is 18.2 Å². The summed E-state index contributed by atoms with van der Waals surface area (Å²) in [5.41, 5.74) is 1.23. The third kappa shape index (κ3) is 0.902. The summed E-state index contributed by atoms with van der Waals surface area (Å²) in [6.07, 6.45) is 5.60. The number of hydrogen-bond acceptors (Lipinski definition) is 2. The van der Waals surface area contributed by atoms with E-state index in [9.17, 15) is 4.79 Å². The van der Waals surface area contributed by atoms with Gasteiger partial charge >= 0.3 is 5.97 Å². The van der Waals surface area contributed by atoms with Gasteiger partial charge in [-0.1, -0.05) is 30.4 Å². The molecule has 2 heteroatoms. The summed E-state index contributed by atoms with van der Waals surface area (Å²) in [4.78, 5) is 12.0. The van der Waals surface area contributed by atoms with Crippen molar-refractivity contribution in [3.63, 3.8) is 0 Å². The Balaban J connectivity index is 1.92. The number of fused-ring (bicyclic) bond motifs is 7. The van der Waals surface area contributed by atoms with Gasteiger partial charge in [0.15, 0.2) is 0 Å². The maximum atomic E-state index is 12.0. The molecule has 4 atom stereocenters. The molecule has 1 saturated carbocycles. The largest absolute Gasteiger partial charge is 0.426 e. The summed E-state index contributed by atoms with van der Waals surface area (Å²) in [6, 6.07) is 7.97. The zero-order chi connectivity index (χ0) is 10.7. The molecule has 80 valence electrons. The molecule has 2 aliphatic carbocycles. The van der Waals surface area contributed by atoms with E-state index in [0.717, 1.165) is 12.2 Å². The summed E-state index contributed by atoms with van der Waals surface area (Å²) in [5, 5.41) is 0. The molecular weight excluding hydrogens is 200 g/mol. The predicted octanol–water partition coefficient (Wildman–Crippen LogP) is 2.51. The highest BCUT2D eigenvalue weighted by atomic mass is 16.5. The molecule has 1 aliphatic heterocycles. The Bertz CT molecular complexity index is 503. The molecule has 0 amide bonds. The van der Waals surface area contributed by atoms with Crippen LogP contribution in [0.1, 0.15) is 17.9 Å². The van der Waals surface area contributed by atoms with Crippen LogP contribution >= 0.6 is 0 Å². The van der Waals surface area contributed by atoms with E-state index in [2.05, 4.69) is 18.2 Å². The van der Waals surface area contributed by atoms with Gasteiger partial charge in [0.1, 0.15) is 5.75 Å². The average Bonchev–Trinajstić information content (AvgIpc) is 2.90. The minimum Gasteiger partial charge on any atom is -0.426 e. The van der Waals surface area contributed by atoms with Gasteiger partial charge in [0, 0.05) is 5.92 Å². The minimum atomic E-state index is -0.0273. The zero-order valence-electron chi connectivity index (χ0n) is 8.80. The van der Waals surface area contributed by atoms with Gasteiger partial charge in [-0.3, -0.25) is 4.79 Å². The number of rotatable bonds is 0. The van der Waals surface area contributed by atoms with Crippen LogP contribution in [0.15, 0.2) is 36.4 Å². The minimum absolute atomic E-state index is 0.0273. The average molecular weight is 212 g/mol. The zero-order valence-corrected chi connectivity index (χ0v) is 8.80. The quantitative estimate of drug-likeness (QED) is 0.375. The van der Waals surface area contributed by atoms with Crippen molar-refractivity contribution in [1.29, 1.82) is 0 Å². The number of carbonyl (C=O) groups excluding carboxylic acids is 1. The first-order valence-corrected chi connectivity index (χ1v) is 5.83. The number of ether oxygens (including phenoxy) is 1. The first kappa shape index (κ1) is 8.57. The maximum Gasteiger partial charge on any atom is 0.315 e. The molecule has 0 N–H and O–H groups in total. The lowest BCUT2D eigenvalue weighted by molar-refractivity contribution is -0.141. The standard InChI is InChI=1S/C14H12O2/c15-14-13-9-6-5-8(7-9)12(13)10-3-1-2-4-11(10)16-14/h1-6,8-9,12-13H,7H2/t8-,9+,12-,13-/m1/s1. The van der Waals surface area contributed by atoms with Gasteiger partial charge in [-0.15, -0.1) is 0 Å². The normalized spacial score (nSPS) is 38.1. The molecule has 2 nitrogen and oxygen atoms in total. The Kier molecular flexibility index (Phi) is 1.48. The van der Waals surface area contributed by atoms with Crippen molar-refractivity contribution < 1.29 is 9.53 Å². The molecule has 0 spiro atoms. The van der Waals surface area contributed by atoms with Crippen molar-refractivity contribution in [2.24, 2.45) is 17.8 Å². The number of benzene rings is 1. The molecule has 1 fully saturated rings. The molecule has 2 bridgehead atoms. The van der Waals surface area contributed by atoms with Gasteiger partial charge in [0.05, 0.1) is 5.92 Å². The number of esters is 1. The van der Waals surface area contributed by atoms with Crippen LogP contribution in [0.2, 0.25) is 0 Å². The lowest BCUT2D eigenvalue weighted by atomic mass is 9.77. The van der Waals surface area contributed by atoms with Crippen molar-refractivity contribution in [2.45, 2.75) is 12.3 Å². The van der Waals surface area contributed by atoms with E-state index >= 15 is 0 Å². The fraction of sp³-hybridized carbons (Fsp3) is 0.357. The number of para-hydroxylation sites is 1. The van der Waals surface area contributed by atoms with Gasteiger partial charge in [-0.05, 0) is 29.9 Å². The molecule has 16 heavy (non-hydrogen) atoms. The van der Waals surface area contributed by atoms with Crippen molar-refractivity contribution in [1.82, 2.24) is 0 Å². The molecule has 4 rings (SSSR count). The van der Waals surface area contributed by atoms with Crippen LogP contribution in [0.5, 0.6) is 5.75 Å². The molecule has 1 aromatic rings. The number of hydrogen-bond donors (Lipinski definition) is 0. The lowest BCUT2D eigenvalue weighted by Gasteiger charge is -2.32. The molecule has 1 aromatic carbocycles. The topological polar surface area (TPSA) is 26.3 Å². The smallest absolute Gasteiger partial charge is 0.315 e. The van der Waals surface area contributed by atoms with E-state index in [4.69, 9.17) is 4.74 Å². The first-order chi connectivity index (χ1) is 7.84. The van der Waals surface area contributed by atoms with Crippen LogP contribution in [0.4, 0.5) is 0 Å². The second-order valence-corrected chi connectivity index (χ2v) is 4.96. The van der Waals surface area contributed by atoms with Crippen LogP contribution in [0.3, 0.4) is 0 Å². The summed E-state index contributed by atoms with van der Waals surface area (Å²) >= 11 is 0. The maximum absolute atomic E-state index is 12.0. The van der Waals surface area contributed by atoms with Crippen LogP contribution in [0, 0.1) is 17.8 Å². The Morgan fingerprint density at radius 1 is 1.06 bits per heavy atom. The Morgan fingerprint density at radius 2 is 1.81 bits per heavy atom. The molecule has 0 radical (unpaired) electrons. The van der Waals surface area contributed by atoms with Crippen molar-refractivity contribution in [2.75, 3.05) is 0 Å². The third-order valence-corrected chi connectivity index (χ3v) is 4.22. The monoisotopic (exact) mass is 212 g/mol. The highest BCUT2D eigenvalue weighted by molar-refractivity contribution is 5.81. The van der Waals surface area contributed by atoms with Gasteiger partial charge in [-0.25, -0.2) is 0 Å². The van der Waals surface area contributed by atoms with Gasteiger partial charge in [0.25, 0.3) is 0 Å². The Labute approximate surface area is 93.9 Å². The summed E-state index contributed by atoms with van der Waals surface area (Å²) in [6.45, 7) is 0. The van der Waals surface area contributed by atoms with Crippen LogP contribution < -0.4 is 4.74 Å². The predicted molar refractivity (Wildman–Crippen MR) is 59.0 cm³/mol. The van der Waals surface area contributed by atoms with Crippen molar-refractivity contribution in [3.05, 3.63) is 42.0 Å². The molecular formula is C14H12O2. The SMILES string of the molecule is O=C1Oc2ccccc2[C@@H]2[C@H]1[C@H]1C=C[C@@H]2C1. The van der Waals surface area contributed by atoms with Gasteiger partial charge in [-0.2, -0.15) is 0 Å². The van der Waals surface area contributed by atoms with E-state index in [0.29, 0.717) is 17.8 Å². The highest BCUT2D eigenvalue weighted by Gasteiger charge is 2.52. The lowest BCUT2D eigenvalue weighted by Crippen LogP contribution is -2.34. The van der Waals surface area contributed by atoms with Gasteiger partial charge < -0.3 is 4.74 Å². The first-order valence-electron chi connectivity index (χ1n) is 5.83. The molecule has 0 unspecified atom stereocenters. The fourth-order valence-corrected chi connectivity index (χ4v) is 3.59. The number of allylic oxidation sites excluding steroid dienone is 2. The summed E-state index contributed by atoms with van der Waals surface area (Å²) in [7, 11) is 0. The van der Waals surface area contributed by atoms with E-state index in [-0.39, 0.29) is 11.9 Å². The van der Waals surface area contributed by atoms with Crippen LogP contribution in [-0.2, 0) is 4.79 Å². The molecule has 1 heterocycles. The highest BCUT2D eigenvalue weighted by Crippen LogP contribution is 2.56. The fourth-order valence-electron chi connectivity index (χ4n) is 3.59. The Hall–Kier alpha value is -1.57. The molecule has 0 saturated heterocycles. The summed E-state index contributed by atoms with van der Waals surface area (Å²) < 4.78 is 5.43. The van der Waals surface area contributed by atoms with Crippen molar-refractivity contribution in [3.8, 4) is 5.75 Å². The van der Waals surface area contributed by atoms with E-state index in [1.54, 1.807) is 0 Å². The van der Waals surface area contributed by atoms with Crippen LogP contribution in [0.25, 0.3) is 0 Å². The van der Waals surface area contributed by atoms with Gasteiger partial charge in [0.2, 0.25) is 0 Å². The van der Waals surface area contributed by atoms with Crippen molar-refractivity contribution >= 4 is 5.97 Å². The third-order valence-electron chi connectivity index (χ3n) is 4.22. The number of carbonyl (C=O) groups is 1. The van der Waals surface area contributed by atoms with E-state index < -0.39 is 0 Å². The molecule has 0 aromatic heterocycles. The van der Waals surface area contributed by atoms with Crippen LogP contribution in [-0.4, -0.2) is 5.97 Å². The summed E-state index contributed by atoms with van der Waals surface area (Å²) in [5.74, 6) is 2.15.